The molecule has 1 aliphatic rings. The summed E-state index contributed by atoms with van der Waals surface area (Å²) in [6.45, 7) is 4.90. The molecule has 3 nitrogen and oxygen atoms in total. The quantitative estimate of drug-likeness (QED) is 0.845. The summed E-state index contributed by atoms with van der Waals surface area (Å²) in [7, 11) is 0. The van der Waals surface area contributed by atoms with E-state index < -0.39 is 5.60 Å². The molecule has 0 aliphatic heterocycles. The van der Waals surface area contributed by atoms with Gasteiger partial charge < -0.3 is 10.4 Å². The molecule has 17 heavy (non-hydrogen) atoms. The molecule has 0 spiro atoms. The van der Waals surface area contributed by atoms with Gasteiger partial charge in [-0.25, -0.2) is 0 Å². The van der Waals surface area contributed by atoms with E-state index in [1.54, 1.807) is 6.20 Å². The van der Waals surface area contributed by atoms with Gasteiger partial charge in [0.25, 0.3) is 0 Å². The molecule has 1 saturated carbocycles. The maximum Gasteiger partial charge on any atom is 0.0821 e. The zero-order chi connectivity index (χ0) is 12.3. The second kappa shape index (κ2) is 5.05. The van der Waals surface area contributed by atoms with Crippen molar-refractivity contribution in [2.45, 2.75) is 45.1 Å². The average molecular weight is 234 g/mol. The van der Waals surface area contributed by atoms with E-state index >= 15 is 0 Å². The monoisotopic (exact) mass is 234 g/mol. The Labute approximate surface area is 103 Å². The van der Waals surface area contributed by atoms with Gasteiger partial charge in [-0.1, -0.05) is 19.8 Å². The van der Waals surface area contributed by atoms with Gasteiger partial charge >= 0.3 is 0 Å². The van der Waals surface area contributed by atoms with Crippen LogP contribution in [0.25, 0.3) is 0 Å². The Morgan fingerprint density at radius 3 is 3.12 bits per heavy atom. The number of hydrogen-bond donors (Lipinski definition) is 2. The third kappa shape index (κ3) is 3.19. The van der Waals surface area contributed by atoms with E-state index in [1.807, 2.05) is 19.2 Å². The van der Waals surface area contributed by atoms with Gasteiger partial charge in [0.15, 0.2) is 0 Å². The fraction of sp³-hybridized carbons (Fsp3) is 0.643. The number of hydrogen-bond acceptors (Lipinski definition) is 3. The highest BCUT2D eigenvalue weighted by Crippen LogP contribution is 2.32. The van der Waals surface area contributed by atoms with Crippen LogP contribution in [0.15, 0.2) is 18.5 Å². The lowest BCUT2D eigenvalue weighted by atomic mass is 9.79. The van der Waals surface area contributed by atoms with E-state index in [2.05, 4.69) is 17.2 Å². The van der Waals surface area contributed by atoms with Crippen molar-refractivity contribution in [3.8, 4) is 0 Å². The predicted molar refractivity (Wildman–Crippen MR) is 70.0 cm³/mol. The molecule has 0 saturated heterocycles. The fourth-order valence-electron chi connectivity index (χ4n) is 2.72. The second-order valence-corrected chi connectivity index (χ2v) is 5.47. The van der Waals surface area contributed by atoms with Gasteiger partial charge in [0.2, 0.25) is 0 Å². The largest absolute Gasteiger partial charge is 0.388 e. The van der Waals surface area contributed by atoms with Crippen LogP contribution in [0.3, 0.4) is 0 Å². The molecule has 1 heterocycles. The molecule has 0 amide bonds. The third-order valence-electron chi connectivity index (χ3n) is 3.70. The Balaban J connectivity index is 1.95. The fourth-order valence-corrected chi connectivity index (χ4v) is 2.72. The van der Waals surface area contributed by atoms with Crippen LogP contribution in [0, 0.1) is 12.8 Å². The number of anilines is 1. The van der Waals surface area contributed by atoms with Crippen LogP contribution in [-0.2, 0) is 0 Å². The van der Waals surface area contributed by atoms with Crippen LogP contribution in [0.2, 0.25) is 0 Å². The van der Waals surface area contributed by atoms with Gasteiger partial charge in [0.1, 0.15) is 0 Å². The van der Waals surface area contributed by atoms with Crippen molar-refractivity contribution in [2.24, 2.45) is 5.92 Å². The summed E-state index contributed by atoms with van der Waals surface area (Å²) in [5, 5.41) is 13.9. The zero-order valence-electron chi connectivity index (χ0n) is 10.7. The van der Waals surface area contributed by atoms with Crippen molar-refractivity contribution in [3.05, 3.63) is 24.0 Å². The first kappa shape index (κ1) is 12.4. The van der Waals surface area contributed by atoms with Crippen LogP contribution >= 0.6 is 0 Å². The van der Waals surface area contributed by atoms with E-state index in [0.29, 0.717) is 12.5 Å². The molecule has 2 atom stereocenters. The minimum Gasteiger partial charge on any atom is -0.388 e. The van der Waals surface area contributed by atoms with Crippen LogP contribution < -0.4 is 5.32 Å². The summed E-state index contributed by atoms with van der Waals surface area (Å²) in [6.07, 6.45) is 7.82. The molecule has 1 aliphatic carbocycles. The highest BCUT2D eigenvalue weighted by molar-refractivity contribution is 5.48. The molecule has 94 valence electrons. The Morgan fingerprint density at radius 2 is 2.41 bits per heavy atom. The molecule has 1 aromatic heterocycles. The molecule has 2 N–H and O–H groups in total. The van der Waals surface area contributed by atoms with Gasteiger partial charge in [-0.15, -0.1) is 0 Å². The van der Waals surface area contributed by atoms with E-state index in [-0.39, 0.29) is 0 Å². The minimum atomic E-state index is -0.534. The molecule has 1 fully saturated rings. The van der Waals surface area contributed by atoms with E-state index in [1.165, 1.54) is 6.42 Å². The first-order valence-corrected chi connectivity index (χ1v) is 6.46. The van der Waals surface area contributed by atoms with Crippen LogP contribution in [0.1, 0.15) is 38.2 Å². The number of aryl methyl sites for hydroxylation is 1. The van der Waals surface area contributed by atoms with E-state index in [0.717, 1.165) is 30.5 Å². The van der Waals surface area contributed by atoms with Crippen LogP contribution in [0.4, 0.5) is 5.69 Å². The van der Waals surface area contributed by atoms with Gasteiger partial charge in [0, 0.05) is 24.6 Å². The van der Waals surface area contributed by atoms with Crippen LogP contribution in [0.5, 0.6) is 0 Å². The lowest BCUT2D eigenvalue weighted by Gasteiger charge is -2.36. The first-order valence-electron chi connectivity index (χ1n) is 6.46. The van der Waals surface area contributed by atoms with Crippen molar-refractivity contribution in [3.63, 3.8) is 0 Å². The highest BCUT2D eigenvalue weighted by atomic mass is 16.3. The molecular formula is C14H22N2O. The lowest BCUT2D eigenvalue weighted by Crippen LogP contribution is -2.41. The molecule has 0 bridgehead atoms. The minimum absolute atomic E-state index is 0.534. The standard InChI is InChI=1S/C14H22N2O/c1-11-4-3-6-14(17,8-11)10-16-13-5-7-15-9-12(13)2/h5,7,9,11,17H,3-4,6,8,10H2,1-2H3,(H,15,16). The molecule has 2 unspecified atom stereocenters. The van der Waals surface area contributed by atoms with Gasteiger partial charge in [0.05, 0.1) is 5.60 Å². The number of aliphatic hydroxyl groups is 1. The second-order valence-electron chi connectivity index (χ2n) is 5.47. The molecule has 0 radical (unpaired) electrons. The Hall–Kier alpha value is -1.09. The maximum atomic E-state index is 10.5. The Kier molecular flexibility index (Phi) is 3.67. The van der Waals surface area contributed by atoms with Gasteiger partial charge in [-0.05, 0) is 37.3 Å². The summed E-state index contributed by atoms with van der Waals surface area (Å²) in [4.78, 5) is 4.07. The summed E-state index contributed by atoms with van der Waals surface area (Å²) in [5.41, 5.74) is 1.67. The van der Waals surface area contributed by atoms with Crippen LogP contribution in [-0.4, -0.2) is 22.2 Å². The molecule has 0 aromatic carbocycles. The average Bonchev–Trinajstić information content (AvgIpc) is 2.28. The highest BCUT2D eigenvalue weighted by Gasteiger charge is 2.32. The molecule has 2 rings (SSSR count). The number of rotatable bonds is 3. The summed E-state index contributed by atoms with van der Waals surface area (Å²) in [6, 6.07) is 1.96. The molecule has 3 heteroatoms. The molecular weight excluding hydrogens is 212 g/mol. The van der Waals surface area contributed by atoms with Crippen molar-refractivity contribution in [1.29, 1.82) is 0 Å². The van der Waals surface area contributed by atoms with Crippen molar-refractivity contribution >= 4 is 5.69 Å². The zero-order valence-corrected chi connectivity index (χ0v) is 10.7. The summed E-state index contributed by atoms with van der Waals surface area (Å²) >= 11 is 0. The number of nitrogens with one attached hydrogen (secondary N) is 1. The number of nitrogens with zero attached hydrogens (tertiary/aromatic N) is 1. The Morgan fingerprint density at radius 1 is 1.59 bits per heavy atom. The SMILES string of the molecule is Cc1cnccc1NCC1(O)CCCC(C)C1. The normalized spacial score (nSPS) is 29.0. The van der Waals surface area contributed by atoms with Crippen molar-refractivity contribution in [1.82, 2.24) is 4.98 Å². The van der Waals surface area contributed by atoms with Gasteiger partial charge in [-0.3, -0.25) is 4.98 Å². The number of aromatic nitrogens is 1. The first-order chi connectivity index (χ1) is 8.09. The molecule has 1 aromatic rings. The third-order valence-corrected chi connectivity index (χ3v) is 3.70. The van der Waals surface area contributed by atoms with Gasteiger partial charge in [-0.2, -0.15) is 0 Å². The lowest BCUT2D eigenvalue weighted by molar-refractivity contribution is -0.000768. The van der Waals surface area contributed by atoms with Crippen molar-refractivity contribution < 1.29 is 5.11 Å². The van der Waals surface area contributed by atoms with E-state index in [4.69, 9.17) is 0 Å². The van der Waals surface area contributed by atoms with E-state index in [9.17, 15) is 5.11 Å². The summed E-state index contributed by atoms with van der Waals surface area (Å²) < 4.78 is 0. The predicted octanol–water partition coefficient (Wildman–Crippen LogP) is 2.74. The number of pyridine rings is 1. The maximum absolute atomic E-state index is 10.5. The topological polar surface area (TPSA) is 45.2 Å². The summed E-state index contributed by atoms with van der Waals surface area (Å²) in [5.74, 6) is 0.633. The van der Waals surface area contributed by atoms with Crippen molar-refractivity contribution in [2.75, 3.05) is 11.9 Å². The smallest absolute Gasteiger partial charge is 0.0821 e. The Bertz CT molecular complexity index is 380.